The summed E-state index contributed by atoms with van der Waals surface area (Å²) < 4.78 is 19.5. The molecule has 0 aliphatic heterocycles. The number of carbonyl (C=O) groups excluding carboxylic acids is 2. The average Bonchev–Trinajstić information content (AvgIpc) is 2.56. The van der Waals surface area contributed by atoms with E-state index in [0.717, 1.165) is 5.56 Å². The summed E-state index contributed by atoms with van der Waals surface area (Å²) in [6.07, 6.45) is -1.02. The van der Waals surface area contributed by atoms with Crippen LogP contribution in [-0.4, -0.2) is 18.0 Å². The van der Waals surface area contributed by atoms with E-state index in [1.807, 2.05) is 30.3 Å². The minimum Gasteiger partial charge on any atom is -0.478 e. The minimum absolute atomic E-state index is 0.0643. The molecule has 7 heteroatoms. The second-order valence-corrected chi connectivity index (χ2v) is 5.91. The maximum Gasteiger partial charge on any atom is 0.321 e. The Morgan fingerprint density at radius 1 is 1.21 bits per heavy atom. The monoisotopic (exact) mass is 394 g/mol. The van der Waals surface area contributed by atoms with E-state index < -0.39 is 23.9 Å². The number of urea groups is 1. The highest BCUT2D eigenvalue weighted by Crippen LogP contribution is 2.22. The van der Waals surface area contributed by atoms with Crippen molar-refractivity contribution >= 4 is 27.9 Å². The first-order valence-electron chi connectivity index (χ1n) is 7.20. The van der Waals surface area contributed by atoms with Gasteiger partial charge >= 0.3 is 6.03 Å². The van der Waals surface area contributed by atoms with E-state index in [1.54, 1.807) is 6.07 Å². The molecule has 0 bridgehead atoms. The largest absolute Gasteiger partial charge is 0.478 e. The molecule has 1 atom stereocenters. The molecule has 5 nitrogen and oxygen atoms in total. The molecular formula is C17H16BrFN2O3. The van der Waals surface area contributed by atoms with Crippen LogP contribution in [0.2, 0.25) is 0 Å². The van der Waals surface area contributed by atoms with Crippen LogP contribution in [0.5, 0.6) is 5.75 Å². The molecule has 2 aromatic rings. The third-order valence-corrected chi connectivity index (χ3v) is 3.59. The maximum atomic E-state index is 13.7. The fourth-order valence-electron chi connectivity index (χ4n) is 1.85. The molecule has 0 fully saturated rings. The maximum absolute atomic E-state index is 13.7. The highest BCUT2D eigenvalue weighted by Gasteiger charge is 2.19. The number of halogens is 2. The van der Waals surface area contributed by atoms with Crippen molar-refractivity contribution in [1.29, 1.82) is 0 Å². The highest BCUT2D eigenvalue weighted by molar-refractivity contribution is 9.10. The summed E-state index contributed by atoms with van der Waals surface area (Å²) in [6.45, 7) is 1.72. The third kappa shape index (κ3) is 5.34. The van der Waals surface area contributed by atoms with Gasteiger partial charge in [0.05, 0.1) is 0 Å². The van der Waals surface area contributed by atoms with Crippen molar-refractivity contribution in [1.82, 2.24) is 10.6 Å². The Bertz CT molecular complexity index is 725. The molecule has 0 unspecified atom stereocenters. The molecule has 0 saturated carbocycles. The minimum atomic E-state index is -1.02. The Balaban J connectivity index is 1.83. The molecule has 0 aliphatic rings. The molecule has 2 N–H and O–H groups in total. The van der Waals surface area contributed by atoms with Crippen LogP contribution in [0.1, 0.15) is 12.5 Å². The van der Waals surface area contributed by atoms with Gasteiger partial charge in [-0.15, -0.1) is 0 Å². The number of carbonyl (C=O) groups is 2. The predicted octanol–water partition coefficient (Wildman–Crippen LogP) is 3.38. The van der Waals surface area contributed by atoms with Gasteiger partial charge < -0.3 is 10.1 Å². The Morgan fingerprint density at radius 2 is 1.92 bits per heavy atom. The Morgan fingerprint density at radius 3 is 2.58 bits per heavy atom. The number of benzene rings is 2. The van der Waals surface area contributed by atoms with Crippen LogP contribution in [0.25, 0.3) is 0 Å². The van der Waals surface area contributed by atoms with Crippen LogP contribution >= 0.6 is 15.9 Å². The van der Waals surface area contributed by atoms with Crippen molar-refractivity contribution in [3.8, 4) is 5.75 Å². The number of imide groups is 1. The fraction of sp³-hybridized carbons (Fsp3) is 0.176. The van der Waals surface area contributed by atoms with E-state index in [2.05, 4.69) is 26.6 Å². The van der Waals surface area contributed by atoms with Gasteiger partial charge in [-0.05, 0) is 30.7 Å². The van der Waals surface area contributed by atoms with E-state index in [1.165, 1.54) is 19.1 Å². The molecule has 0 radical (unpaired) electrons. The molecular weight excluding hydrogens is 379 g/mol. The first-order valence-corrected chi connectivity index (χ1v) is 7.99. The number of ether oxygens (including phenoxy) is 1. The van der Waals surface area contributed by atoms with E-state index in [4.69, 9.17) is 4.74 Å². The summed E-state index contributed by atoms with van der Waals surface area (Å²) in [4.78, 5) is 23.6. The Labute approximate surface area is 147 Å². The van der Waals surface area contributed by atoms with Gasteiger partial charge in [-0.2, -0.15) is 0 Å². The smallest absolute Gasteiger partial charge is 0.321 e. The van der Waals surface area contributed by atoms with Crippen molar-refractivity contribution < 1.29 is 18.7 Å². The number of amides is 3. The number of hydrogen-bond acceptors (Lipinski definition) is 3. The molecule has 2 rings (SSSR count). The number of hydrogen-bond donors (Lipinski definition) is 2. The fourth-order valence-corrected chi connectivity index (χ4v) is 2.18. The van der Waals surface area contributed by atoms with Crippen LogP contribution in [0.4, 0.5) is 9.18 Å². The molecule has 2 aromatic carbocycles. The molecule has 0 saturated heterocycles. The zero-order valence-corrected chi connectivity index (χ0v) is 14.5. The zero-order chi connectivity index (χ0) is 17.5. The summed E-state index contributed by atoms with van der Waals surface area (Å²) in [5, 5.41) is 4.72. The first kappa shape index (κ1) is 17.9. The average molecular weight is 395 g/mol. The van der Waals surface area contributed by atoms with Crippen LogP contribution < -0.4 is 15.4 Å². The lowest BCUT2D eigenvalue weighted by Crippen LogP contribution is -2.44. The van der Waals surface area contributed by atoms with Crippen molar-refractivity contribution in [3.63, 3.8) is 0 Å². The molecule has 126 valence electrons. The van der Waals surface area contributed by atoms with E-state index in [0.29, 0.717) is 4.47 Å². The summed E-state index contributed by atoms with van der Waals surface area (Å²) in [6, 6.07) is 12.9. The van der Waals surface area contributed by atoms with Crippen molar-refractivity contribution in [2.75, 3.05) is 0 Å². The van der Waals surface area contributed by atoms with E-state index in [9.17, 15) is 14.0 Å². The van der Waals surface area contributed by atoms with Gasteiger partial charge in [-0.1, -0.05) is 46.3 Å². The van der Waals surface area contributed by atoms with Gasteiger partial charge in [0, 0.05) is 11.0 Å². The standard InChI is InChI=1S/C17H16BrFN2O3/c1-11(24-15-8-7-13(18)9-14(15)19)16(22)21-17(23)20-10-12-5-3-2-4-6-12/h2-9,11H,10H2,1H3,(H2,20,21,22,23)/t11-/m0/s1. The molecule has 0 heterocycles. The zero-order valence-electron chi connectivity index (χ0n) is 12.9. The topological polar surface area (TPSA) is 67.4 Å². The normalized spacial score (nSPS) is 11.5. The van der Waals surface area contributed by atoms with Crippen LogP contribution in [0, 0.1) is 5.82 Å². The van der Waals surface area contributed by atoms with Gasteiger partial charge in [-0.25, -0.2) is 9.18 Å². The van der Waals surface area contributed by atoms with Crippen LogP contribution in [-0.2, 0) is 11.3 Å². The van der Waals surface area contributed by atoms with Gasteiger partial charge in [0.25, 0.3) is 5.91 Å². The van der Waals surface area contributed by atoms with Crippen LogP contribution in [0.3, 0.4) is 0 Å². The lowest BCUT2D eigenvalue weighted by molar-refractivity contribution is -0.126. The van der Waals surface area contributed by atoms with Gasteiger partial charge in [0.2, 0.25) is 0 Å². The van der Waals surface area contributed by atoms with Crippen molar-refractivity contribution in [2.45, 2.75) is 19.6 Å². The second-order valence-electron chi connectivity index (χ2n) is 4.99. The van der Waals surface area contributed by atoms with Gasteiger partial charge in [-0.3, -0.25) is 10.1 Å². The van der Waals surface area contributed by atoms with Crippen molar-refractivity contribution in [2.24, 2.45) is 0 Å². The Kier molecular flexibility index (Phi) is 6.31. The van der Waals surface area contributed by atoms with Crippen LogP contribution in [0.15, 0.2) is 53.0 Å². The third-order valence-electron chi connectivity index (χ3n) is 3.10. The quantitative estimate of drug-likeness (QED) is 0.816. The van der Waals surface area contributed by atoms with E-state index >= 15 is 0 Å². The molecule has 3 amide bonds. The highest BCUT2D eigenvalue weighted by atomic mass is 79.9. The van der Waals surface area contributed by atoms with E-state index in [-0.39, 0.29) is 12.3 Å². The number of rotatable bonds is 5. The second kappa shape index (κ2) is 8.44. The molecule has 0 spiro atoms. The predicted molar refractivity (Wildman–Crippen MR) is 91.0 cm³/mol. The molecule has 0 aromatic heterocycles. The molecule has 0 aliphatic carbocycles. The Hall–Kier alpha value is -2.41. The van der Waals surface area contributed by atoms with Crippen molar-refractivity contribution in [3.05, 3.63) is 64.4 Å². The summed E-state index contributed by atoms with van der Waals surface area (Å²) in [7, 11) is 0. The SMILES string of the molecule is C[C@H](Oc1ccc(Br)cc1F)C(=O)NC(=O)NCc1ccccc1. The summed E-state index contributed by atoms with van der Waals surface area (Å²) >= 11 is 3.13. The lowest BCUT2D eigenvalue weighted by atomic mass is 10.2. The lowest BCUT2D eigenvalue weighted by Gasteiger charge is -2.15. The number of nitrogens with one attached hydrogen (secondary N) is 2. The summed E-state index contributed by atoms with van der Waals surface area (Å²) in [5.74, 6) is -1.33. The summed E-state index contributed by atoms with van der Waals surface area (Å²) in [5.41, 5.74) is 0.904. The van der Waals surface area contributed by atoms with Gasteiger partial charge in [0.15, 0.2) is 17.7 Å². The van der Waals surface area contributed by atoms with Gasteiger partial charge in [0.1, 0.15) is 0 Å². The molecule has 24 heavy (non-hydrogen) atoms. The first-order chi connectivity index (χ1) is 11.5.